The quantitative estimate of drug-likeness (QED) is 0.276. The maximum atomic E-state index is 12.9. The number of hydrogen-bond donors (Lipinski definition) is 0. The summed E-state index contributed by atoms with van der Waals surface area (Å²) in [5, 5.41) is 0. The van der Waals surface area contributed by atoms with Crippen molar-refractivity contribution in [2.75, 3.05) is 6.61 Å². The Morgan fingerprint density at radius 2 is 1.58 bits per heavy atom. The largest absolute Gasteiger partial charge is 0.456 e. The van der Waals surface area contributed by atoms with E-state index in [2.05, 4.69) is 11.8 Å². The number of cyclic esters (lactones) is 2. The average Bonchev–Trinajstić information content (AvgIpc) is 2.77. The maximum absolute atomic E-state index is 12.9. The third-order valence-corrected chi connectivity index (χ3v) is 4.90. The van der Waals surface area contributed by atoms with Crippen molar-refractivity contribution in [3.05, 3.63) is 71.8 Å². The summed E-state index contributed by atoms with van der Waals surface area (Å²) >= 11 is 0. The average molecular weight is 450 g/mol. The first-order valence-corrected chi connectivity index (χ1v) is 10.6. The van der Waals surface area contributed by atoms with Crippen LogP contribution in [0.1, 0.15) is 38.0 Å². The molecule has 7 heteroatoms. The molecule has 3 rings (SSSR count). The Hall–Kier alpha value is -3.63. The molecule has 2 aromatic rings. The first kappa shape index (κ1) is 24.0. The Morgan fingerprint density at radius 1 is 1.00 bits per heavy atom. The van der Waals surface area contributed by atoms with Gasteiger partial charge in [-0.15, -0.1) is 0 Å². The lowest BCUT2D eigenvalue weighted by Gasteiger charge is -2.36. The number of benzene rings is 2. The lowest BCUT2D eigenvalue weighted by Crippen LogP contribution is -2.49. The van der Waals surface area contributed by atoms with Crippen LogP contribution in [0, 0.1) is 23.7 Å². The molecule has 1 fully saturated rings. The molecule has 0 aromatic heterocycles. The number of ether oxygens (including phenoxy) is 4. The van der Waals surface area contributed by atoms with E-state index in [1.54, 1.807) is 19.1 Å². The molecule has 172 valence electrons. The van der Waals surface area contributed by atoms with Crippen LogP contribution < -0.4 is 0 Å². The van der Waals surface area contributed by atoms with Gasteiger partial charge >= 0.3 is 17.9 Å². The van der Waals surface area contributed by atoms with Crippen LogP contribution in [0.25, 0.3) is 0 Å². The summed E-state index contributed by atoms with van der Waals surface area (Å²) in [6, 6.07) is 18.5. The van der Waals surface area contributed by atoms with Gasteiger partial charge in [0.15, 0.2) is 5.92 Å². The van der Waals surface area contributed by atoms with Crippen molar-refractivity contribution in [3.8, 4) is 11.8 Å². The fourth-order valence-electron chi connectivity index (χ4n) is 3.48. The Balaban J connectivity index is 2.01. The Morgan fingerprint density at radius 3 is 2.15 bits per heavy atom. The van der Waals surface area contributed by atoms with E-state index in [0.717, 1.165) is 5.56 Å². The number of esters is 3. The predicted octanol–water partition coefficient (Wildman–Crippen LogP) is 3.58. The van der Waals surface area contributed by atoms with Gasteiger partial charge in [-0.25, -0.2) is 4.79 Å². The van der Waals surface area contributed by atoms with Crippen LogP contribution in [-0.2, 0) is 39.9 Å². The fraction of sp³-hybridized carbons (Fsp3) is 0.346. The van der Waals surface area contributed by atoms with Crippen LogP contribution in [0.2, 0.25) is 0 Å². The normalized spacial score (nSPS) is 17.1. The third-order valence-electron chi connectivity index (χ3n) is 4.90. The number of hydrogen-bond acceptors (Lipinski definition) is 7. The molecule has 0 aliphatic carbocycles. The van der Waals surface area contributed by atoms with Gasteiger partial charge in [0.05, 0.1) is 25.2 Å². The number of carbonyl (C=O) groups is 3. The van der Waals surface area contributed by atoms with Crippen LogP contribution >= 0.6 is 0 Å². The molecule has 2 atom stereocenters. The highest BCUT2D eigenvalue weighted by molar-refractivity contribution is 5.98. The van der Waals surface area contributed by atoms with Gasteiger partial charge < -0.3 is 18.9 Å². The maximum Gasteiger partial charge on any atom is 0.384 e. The zero-order chi connectivity index (χ0) is 23.8. The predicted molar refractivity (Wildman–Crippen MR) is 118 cm³/mol. The monoisotopic (exact) mass is 450 g/mol. The van der Waals surface area contributed by atoms with Gasteiger partial charge in [-0.3, -0.25) is 9.59 Å². The highest BCUT2D eigenvalue weighted by Gasteiger charge is 2.49. The molecular weight excluding hydrogens is 424 g/mol. The summed E-state index contributed by atoms with van der Waals surface area (Å²) in [5.41, 5.74) is 1.58. The lowest BCUT2D eigenvalue weighted by molar-refractivity contribution is -0.243. The zero-order valence-electron chi connectivity index (χ0n) is 18.8. The molecule has 0 radical (unpaired) electrons. The van der Waals surface area contributed by atoms with E-state index in [1.165, 1.54) is 13.8 Å². The number of carbonyl (C=O) groups excluding carboxylic acids is 3. The Labute approximate surface area is 193 Å². The van der Waals surface area contributed by atoms with Crippen LogP contribution in [-0.4, -0.2) is 30.3 Å². The minimum atomic E-state index is -1.40. The van der Waals surface area contributed by atoms with Gasteiger partial charge in [0.2, 0.25) is 0 Å². The van der Waals surface area contributed by atoms with Crippen molar-refractivity contribution < 1.29 is 33.3 Å². The van der Waals surface area contributed by atoms with Crippen molar-refractivity contribution >= 4 is 17.9 Å². The Bertz CT molecular complexity index is 1010. The van der Waals surface area contributed by atoms with E-state index in [4.69, 9.17) is 18.9 Å². The molecule has 1 saturated heterocycles. The highest BCUT2D eigenvalue weighted by Crippen LogP contribution is 2.37. The summed E-state index contributed by atoms with van der Waals surface area (Å²) in [4.78, 5) is 37.7. The van der Waals surface area contributed by atoms with Crippen LogP contribution in [0.5, 0.6) is 0 Å². The zero-order valence-corrected chi connectivity index (χ0v) is 18.8. The minimum absolute atomic E-state index is 0.145. The van der Waals surface area contributed by atoms with Gasteiger partial charge in [-0.2, -0.15) is 0 Å². The molecule has 0 amide bonds. The third kappa shape index (κ3) is 6.43. The molecule has 1 aliphatic heterocycles. The first-order valence-electron chi connectivity index (χ1n) is 10.6. The van der Waals surface area contributed by atoms with E-state index in [0.29, 0.717) is 5.56 Å². The lowest BCUT2D eigenvalue weighted by atomic mass is 9.83. The standard InChI is InChI=1S/C26H26O7/c1-4-30-21(27)16-15-20(22-24(28)32-26(2,3)33-25(22)29)23(19-13-9-6-10-14-19)31-17-18-11-7-5-8-12-18/h5-14,20,22-23H,4,17H2,1-3H3/t20?,23-/m1/s1. The van der Waals surface area contributed by atoms with Crippen molar-refractivity contribution in [1.29, 1.82) is 0 Å². The molecule has 1 aliphatic rings. The van der Waals surface area contributed by atoms with Gasteiger partial charge in [0, 0.05) is 19.8 Å². The second kappa shape index (κ2) is 10.8. The highest BCUT2D eigenvalue weighted by atomic mass is 16.7. The molecule has 33 heavy (non-hydrogen) atoms. The molecule has 0 bridgehead atoms. The van der Waals surface area contributed by atoms with Gasteiger partial charge in [0.1, 0.15) is 0 Å². The molecule has 7 nitrogen and oxygen atoms in total. The molecular formula is C26H26O7. The molecule has 0 saturated carbocycles. The summed E-state index contributed by atoms with van der Waals surface area (Å²) in [6.45, 7) is 4.94. The minimum Gasteiger partial charge on any atom is -0.456 e. The van der Waals surface area contributed by atoms with Crippen molar-refractivity contribution in [2.45, 2.75) is 39.3 Å². The van der Waals surface area contributed by atoms with E-state index < -0.39 is 41.6 Å². The molecule has 1 unspecified atom stereocenters. The molecule has 0 spiro atoms. The van der Waals surface area contributed by atoms with Crippen LogP contribution in [0.4, 0.5) is 0 Å². The molecule has 2 aromatic carbocycles. The molecule has 1 heterocycles. The van der Waals surface area contributed by atoms with E-state index >= 15 is 0 Å². The van der Waals surface area contributed by atoms with E-state index in [-0.39, 0.29) is 13.2 Å². The van der Waals surface area contributed by atoms with Crippen molar-refractivity contribution in [2.24, 2.45) is 11.8 Å². The SMILES string of the molecule is CCOC(=O)C#CC(C1C(=O)OC(C)(C)OC1=O)[C@H](OCc1ccccc1)c1ccccc1. The number of rotatable bonds is 7. The van der Waals surface area contributed by atoms with E-state index in [1.807, 2.05) is 48.5 Å². The first-order chi connectivity index (χ1) is 15.8. The van der Waals surface area contributed by atoms with Gasteiger partial charge in [-0.1, -0.05) is 66.6 Å². The van der Waals surface area contributed by atoms with Crippen LogP contribution in [0.15, 0.2) is 60.7 Å². The topological polar surface area (TPSA) is 88.1 Å². The Kier molecular flexibility index (Phi) is 7.86. The summed E-state index contributed by atoms with van der Waals surface area (Å²) in [6.07, 6.45) is -0.834. The van der Waals surface area contributed by atoms with Crippen molar-refractivity contribution in [1.82, 2.24) is 0 Å². The second-order valence-electron chi connectivity index (χ2n) is 7.86. The summed E-state index contributed by atoms with van der Waals surface area (Å²) in [7, 11) is 0. The molecule has 0 N–H and O–H groups in total. The summed E-state index contributed by atoms with van der Waals surface area (Å²) < 4.78 is 21.7. The van der Waals surface area contributed by atoms with Gasteiger partial charge in [0.25, 0.3) is 5.79 Å². The van der Waals surface area contributed by atoms with Crippen LogP contribution in [0.3, 0.4) is 0 Å². The second-order valence-corrected chi connectivity index (χ2v) is 7.86. The van der Waals surface area contributed by atoms with Crippen molar-refractivity contribution in [3.63, 3.8) is 0 Å². The smallest absolute Gasteiger partial charge is 0.384 e. The van der Waals surface area contributed by atoms with E-state index in [9.17, 15) is 14.4 Å². The summed E-state index contributed by atoms with van der Waals surface area (Å²) in [5.74, 6) is -1.07. The fourth-order valence-corrected chi connectivity index (χ4v) is 3.48. The van der Waals surface area contributed by atoms with Gasteiger partial charge in [-0.05, 0) is 18.1 Å².